The van der Waals surface area contributed by atoms with Crippen molar-refractivity contribution in [1.29, 1.82) is 0 Å². The van der Waals surface area contributed by atoms with Gasteiger partial charge in [-0.25, -0.2) is 0 Å². The quantitative estimate of drug-likeness (QED) is 0.433. The summed E-state index contributed by atoms with van der Waals surface area (Å²) in [7, 11) is 0. The van der Waals surface area contributed by atoms with Crippen LogP contribution in [0.1, 0.15) is 19.8 Å². The zero-order valence-corrected chi connectivity index (χ0v) is 14.1. The normalized spacial score (nSPS) is 10.3. The van der Waals surface area contributed by atoms with Gasteiger partial charge in [-0.3, -0.25) is 4.79 Å². The zero-order valence-electron chi connectivity index (χ0n) is 13.2. The molecule has 0 radical (unpaired) electrons. The molecular weight excluding hydrogens is 308 g/mol. The highest BCUT2D eigenvalue weighted by Crippen LogP contribution is 2.20. The third-order valence-corrected chi connectivity index (χ3v) is 4.17. The van der Waals surface area contributed by atoms with E-state index in [9.17, 15) is 4.79 Å². The average molecular weight is 330 g/mol. The summed E-state index contributed by atoms with van der Waals surface area (Å²) in [4.78, 5) is 13.0. The van der Waals surface area contributed by atoms with E-state index in [0.717, 1.165) is 41.5 Å². The van der Waals surface area contributed by atoms with Crippen molar-refractivity contribution in [2.24, 2.45) is 0 Å². The summed E-state index contributed by atoms with van der Waals surface area (Å²) in [5.41, 5.74) is 7.13. The van der Waals surface area contributed by atoms with Crippen molar-refractivity contribution < 1.29 is 9.53 Å². The minimum absolute atomic E-state index is 0.0357. The third kappa shape index (κ3) is 6.24. The molecule has 0 aromatic heterocycles. The third-order valence-electron chi connectivity index (χ3n) is 3.15. The lowest BCUT2D eigenvalue weighted by atomic mass is 10.3. The maximum absolute atomic E-state index is 12.0. The Bertz CT molecular complexity index is 612. The Balaban J connectivity index is 1.77. The van der Waals surface area contributed by atoms with Crippen molar-refractivity contribution in [3.8, 4) is 5.75 Å². The van der Waals surface area contributed by atoms with Gasteiger partial charge < -0.3 is 15.8 Å². The number of ether oxygens (including phenoxy) is 1. The molecule has 0 atom stereocenters. The average Bonchev–Trinajstić information content (AvgIpc) is 2.56. The van der Waals surface area contributed by atoms with E-state index in [2.05, 4.69) is 12.2 Å². The maximum atomic E-state index is 12.0. The number of nitrogens with one attached hydrogen (secondary N) is 1. The highest BCUT2D eigenvalue weighted by molar-refractivity contribution is 8.00. The molecule has 0 unspecified atom stereocenters. The van der Waals surface area contributed by atoms with E-state index in [-0.39, 0.29) is 5.91 Å². The second-order valence-electron chi connectivity index (χ2n) is 5.13. The fourth-order valence-electron chi connectivity index (χ4n) is 1.88. The number of rotatable bonds is 8. The molecule has 2 aromatic rings. The van der Waals surface area contributed by atoms with Crippen LogP contribution in [0, 0.1) is 0 Å². The Kier molecular flexibility index (Phi) is 6.81. The van der Waals surface area contributed by atoms with Crippen molar-refractivity contribution in [1.82, 2.24) is 0 Å². The molecule has 4 nitrogen and oxygen atoms in total. The van der Waals surface area contributed by atoms with E-state index in [0.29, 0.717) is 5.75 Å². The molecule has 0 aliphatic heterocycles. The SMILES string of the molecule is CCCCOc1ccc(NC(=O)CSc2ccc(N)cc2)cc1. The van der Waals surface area contributed by atoms with Gasteiger partial charge >= 0.3 is 0 Å². The van der Waals surface area contributed by atoms with Gasteiger partial charge in [0.1, 0.15) is 5.75 Å². The summed E-state index contributed by atoms with van der Waals surface area (Å²) in [6.45, 7) is 2.85. The maximum Gasteiger partial charge on any atom is 0.234 e. The van der Waals surface area contributed by atoms with E-state index in [1.165, 1.54) is 11.8 Å². The molecule has 2 rings (SSSR count). The van der Waals surface area contributed by atoms with Gasteiger partial charge in [0.05, 0.1) is 12.4 Å². The molecular formula is C18H22N2O2S. The van der Waals surface area contributed by atoms with E-state index >= 15 is 0 Å². The molecule has 3 N–H and O–H groups in total. The Hall–Kier alpha value is -2.14. The molecule has 1 amide bonds. The predicted molar refractivity (Wildman–Crippen MR) is 97.1 cm³/mol. The molecule has 0 heterocycles. The van der Waals surface area contributed by atoms with Gasteiger partial charge in [0.2, 0.25) is 5.91 Å². The minimum Gasteiger partial charge on any atom is -0.494 e. The van der Waals surface area contributed by atoms with Crippen molar-refractivity contribution in [3.63, 3.8) is 0 Å². The van der Waals surface area contributed by atoms with E-state index < -0.39 is 0 Å². The van der Waals surface area contributed by atoms with Crippen LogP contribution in [0.3, 0.4) is 0 Å². The summed E-state index contributed by atoms with van der Waals surface area (Å²) in [5, 5.41) is 2.88. The van der Waals surface area contributed by atoms with Crippen molar-refractivity contribution in [2.45, 2.75) is 24.7 Å². The molecule has 0 fully saturated rings. The van der Waals surface area contributed by atoms with E-state index in [4.69, 9.17) is 10.5 Å². The van der Waals surface area contributed by atoms with Crippen LogP contribution in [0.4, 0.5) is 11.4 Å². The Labute approximate surface area is 141 Å². The molecule has 0 aliphatic carbocycles. The van der Waals surface area contributed by atoms with Crippen LogP contribution in [-0.4, -0.2) is 18.3 Å². The number of nitrogen functional groups attached to an aromatic ring is 1. The van der Waals surface area contributed by atoms with Gasteiger partial charge in [-0.05, 0) is 55.0 Å². The van der Waals surface area contributed by atoms with Crippen LogP contribution in [0.5, 0.6) is 5.75 Å². The number of anilines is 2. The summed E-state index contributed by atoms with van der Waals surface area (Å²) in [6.07, 6.45) is 2.15. The topological polar surface area (TPSA) is 64.3 Å². The molecule has 5 heteroatoms. The van der Waals surface area contributed by atoms with Crippen LogP contribution < -0.4 is 15.8 Å². The zero-order chi connectivity index (χ0) is 16.5. The first-order chi connectivity index (χ1) is 11.2. The lowest BCUT2D eigenvalue weighted by Gasteiger charge is -2.08. The second kappa shape index (κ2) is 9.10. The molecule has 122 valence electrons. The van der Waals surface area contributed by atoms with Gasteiger partial charge in [0, 0.05) is 16.3 Å². The van der Waals surface area contributed by atoms with Crippen molar-refractivity contribution in [3.05, 3.63) is 48.5 Å². The highest BCUT2D eigenvalue weighted by atomic mass is 32.2. The lowest BCUT2D eigenvalue weighted by molar-refractivity contribution is -0.113. The molecule has 2 aromatic carbocycles. The summed E-state index contributed by atoms with van der Waals surface area (Å²) in [6, 6.07) is 14.9. The Morgan fingerprint density at radius 3 is 2.48 bits per heavy atom. The minimum atomic E-state index is -0.0357. The standard InChI is InChI=1S/C18H22N2O2S/c1-2-3-12-22-16-8-6-15(7-9-16)20-18(21)13-23-17-10-4-14(19)5-11-17/h4-11H,2-3,12-13,19H2,1H3,(H,20,21). The van der Waals surface area contributed by atoms with E-state index in [1.54, 1.807) is 0 Å². The number of unbranched alkanes of at least 4 members (excludes halogenated alkanes) is 1. The van der Waals surface area contributed by atoms with Gasteiger partial charge in [0.15, 0.2) is 0 Å². The van der Waals surface area contributed by atoms with Crippen LogP contribution in [-0.2, 0) is 4.79 Å². The summed E-state index contributed by atoms with van der Waals surface area (Å²) in [5.74, 6) is 1.15. The largest absolute Gasteiger partial charge is 0.494 e. The number of amides is 1. The smallest absolute Gasteiger partial charge is 0.234 e. The number of carbonyl (C=O) groups excluding carboxylic acids is 1. The predicted octanol–water partition coefficient (Wildman–Crippen LogP) is 4.18. The molecule has 0 spiro atoms. The number of hydrogen-bond acceptors (Lipinski definition) is 4. The van der Waals surface area contributed by atoms with Crippen LogP contribution in [0.2, 0.25) is 0 Å². The molecule has 23 heavy (non-hydrogen) atoms. The second-order valence-corrected chi connectivity index (χ2v) is 6.18. The first-order valence-corrected chi connectivity index (χ1v) is 8.67. The van der Waals surface area contributed by atoms with Crippen LogP contribution in [0.15, 0.2) is 53.4 Å². The molecule has 0 saturated carbocycles. The molecule has 0 bridgehead atoms. The van der Waals surface area contributed by atoms with Gasteiger partial charge in [0.25, 0.3) is 0 Å². The molecule has 0 saturated heterocycles. The number of benzene rings is 2. The van der Waals surface area contributed by atoms with Crippen LogP contribution >= 0.6 is 11.8 Å². The summed E-state index contributed by atoms with van der Waals surface area (Å²) < 4.78 is 5.59. The Morgan fingerprint density at radius 2 is 1.83 bits per heavy atom. The number of carbonyl (C=O) groups is 1. The number of hydrogen-bond donors (Lipinski definition) is 2. The number of nitrogens with two attached hydrogens (primary N) is 1. The first kappa shape index (κ1) is 17.2. The monoisotopic (exact) mass is 330 g/mol. The van der Waals surface area contributed by atoms with Gasteiger partial charge in [-0.1, -0.05) is 13.3 Å². The molecule has 0 aliphatic rings. The van der Waals surface area contributed by atoms with Gasteiger partial charge in [-0.15, -0.1) is 11.8 Å². The number of thioether (sulfide) groups is 1. The fourth-order valence-corrected chi connectivity index (χ4v) is 2.58. The Morgan fingerprint density at radius 1 is 1.13 bits per heavy atom. The van der Waals surface area contributed by atoms with Gasteiger partial charge in [-0.2, -0.15) is 0 Å². The first-order valence-electron chi connectivity index (χ1n) is 7.68. The van der Waals surface area contributed by atoms with Crippen LogP contribution in [0.25, 0.3) is 0 Å². The van der Waals surface area contributed by atoms with Crippen molar-refractivity contribution >= 4 is 29.0 Å². The fraction of sp³-hybridized carbons (Fsp3) is 0.278. The van der Waals surface area contributed by atoms with E-state index in [1.807, 2.05) is 48.5 Å². The van der Waals surface area contributed by atoms with Crippen molar-refractivity contribution in [2.75, 3.05) is 23.4 Å². The highest BCUT2D eigenvalue weighted by Gasteiger charge is 2.04. The lowest BCUT2D eigenvalue weighted by Crippen LogP contribution is -2.13. The summed E-state index contributed by atoms with van der Waals surface area (Å²) >= 11 is 1.48.